The lowest BCUT2D eigenvalue weighted by atomic mass is 9.80. The molecule has 12 rings (SSSR count). The second kappa shape index (κ2) is 15.5. The summed E-state index contributed by atoms with van der Waals surface area (Å²) in [6.45, 7) is 23.9. The second-order valence-electron chi connectivity index (χ2n) is 21.8. The summed E-state index contributed by atoms with van der Waals surface area (Å²) in [5.41, 5.74) is 22.3. The second-order valence-corrected chi connectivity index (χ2v) is 21.8. The Kier molecular flexibility index (Phi) is 9.20. The maximum atomic E-state index is 9.23. The molecule has 9 aromatic rings. The molecule has 3 aliphatic heterocycles. The molecule has 0 N–H and O–H groups in total. The van der Waals surface area contributed by atoms with E-state index >= 15 is 0 Å². The van der Waals surface area contributed by atoms with Gasteiger partial charge in [0.2, 0.25) is 5.69 Å². The molecular weight excluding hydrogens is 839 g/mol. The zero-order chi connectivity index (χ0) is 49.7. The van der Waals surface area contributed by atoms with Crippen molar-refractivity contribution in [2.45, 2.75) is 111 Å². The fourth-order valence-electron chi connectivity index (χ4n) is 11.6. The molecule has 1 atom stereocenters. The Morgan fingerprint density at radius 1 is 0.551 bits per heavy atom. The van der Waals surface area contributed by atoms with E-state index in [4.69, 9.17) is 4.74 Å². The Balaban J connectivity index is 1.16. The summed E-state index contributed by atoms with van der Waals surface area (Å²) in [6.07, 6.45) is 2.28. The van der Waals surface area contributed by atoms with Crippen LogP contribution in [0.2, 0.25) is 0 Å². The van der Waals surface area contributed by atoms with Gasteiger partial charge in [-0.3, -0.25) is 0 Å². The van der Waals surface area contributed by atoms with Crippen molar-refractivity contribution in [3.63, 3.8) is 0 Å². The average molecular weight is 904 g/mol. The molecule has 0 saturated carbocycles. The van der Waals surface area contributed by atoms with Crippen molar-refractivity contribution in [1.82, 2.24) is 4.57 Å². The average Bonchev–Trinajstić information content (AvgIpc) is 3.84. The first-order chi connectivity index (χ1) is 33.8. The van der Waals surface area contributed by atoms with Crippen molar-refractivity contribution in [1.29, 1.82) is 0 Å². The van der Waals surface area contributed by atoms with E-state index in [1.165, 1.54) is 44.5 Å². The van der Waals surface area contributed by atoms with E-state index in [9.17, 15) is 2.74 Å². The van der Waals surface area contributed by atoms with Crippen molar-refractivity contribution in [3.05, 3.63) is 191 Å². The Hall–Kier alpha value is -7.04. The SMILES string of the molecule is [2H]C(C)(C)c1cccc(C([2H])(C)C)c1-c1ccc(-n2c3[n+]4c5c(cccc52)-c2cc(C(C)(C)C)cc5c2C4(Oc2c-3cc(C(C)C)cc2C(C)C)[n+]2ccc(-c3ccc(-c4ccccc4)cc3)cc2-5)cc1. The normalized spacial score (nSPS) is 16.0. The van der Waals surface area contributed by atoms with Crippen molar-refractivity contribution in [2.24, 2.45) is 0 Å². The van der Waals surface area contributed by atoms with Crippen LogP contribution in [0.5, 0.6) is 5.75 Å². The van der Waals surface area contributed by atoms with E-state index in [1.54, 1.807) is 0 Å². The lowest BCUT2D eigenvalue weighted by Crippen LogP contribution is -2.78. The third-order valence-electron chi connectivity index (χ3n) is 15.2. The number of hydrogen-bond donors (Lipinski definition) is 0. The molecule has 0 saturated heterocycles. The summed E-state index contributed by atoms with van der Waals surface area (Å²) in [7, 11) is 0. The van der Waals surface area contributed by atoms with Crippen LogP contribution in [-0.4, -0.2) is 4.57 Å². The van der Waals surface area contributed by atoms with Gasteiger partial charge in [0.25, 0.3) is 0 Å². The molecule has 0 fully saturated rings. The van der Waals surface area contributed by atoms with E-state index < -0.39 is 17.6 Å². The van der Waals surface area contributed by atoms with E-state index in [2.05, 4.69) is 214 Å². The molecular formula is C65H63N3O+2. The summed E-state index contributed by atoms with van der Waals surface area (Å²) in [4.78, 5) is 0. The van der Waals surface area contributed by atoms with Crippen molar-refractivity contribution in [2.75, 3.05) is 0 Å². The third-order valence-corrected chi connectivity index (χ3v) is 15.2. The number of fused-ring (bicyclic) bond motifs is 5. The van der Waals surface area contributed by atoms with E-state index in [0.717, 1.165) is 78.5 Å². The molecule has 0 amide bonds. The first kappa shape index (κ1) is 41.0. The highest BCUT2D eigenvalue weighted by Crippen LogP contribution is 2.56. The molecule has 0 bridgehead atoms. The first-order valence-corrected chi connectivity index (χ1v) is 24.9. The Morgan fingerprint density at radius 2 is 1.17 bits per heavy atom. The number of rotatable bonds is 8. The minimum atomic E-state index is -1.09. The van der Waals surface area contributed by atoms with Gasteiger partial charge in [-0.05, 0) is 133 Å². The van der Waals surface area contributed by atoms with Gasteiger partial charge in [0.1, 0.15) is 16.8 Å². The Morgan fingerprint density at radius 3 is 1.81 bits per heavy atom. The van der Waals surface area contributed by atoms with Crippen LogP contribution in [0.4, 0.5) is 0 Å². The Labute approximate surface area is 411 Å². The van der Waals surface area contributed by atoms with Gasteiger partial charge in [0.05, 0.1) is 5.56 Å². The molecule has 3 aliphatic rings. The van der Waals surface area contributed by atoms with Crippen molar-refractivity contribution >= 4 is 11.0 Å². The van der Waals surface area contributed by atoms with Gasteiger partial charge in [-0.25, -0.2) is 0 Å². The van der Waals surface area contributed by atoms with Crippen LogP contribution in [0.15, 0.2) is 158 Å². The smallest absolute Gasteiger partial charge is 0.392 e. The van der Waals surface area contributed by atoms with Gasteiger partial charge in [-0.2, -0.15) is 4.57 Å². The van der Waals surface area contributed by atoms with Crippen LogP contribution in [0.25, 0.3) is 83.9 Å². The molecule has 7 aromatic carbocycles. The molecule has 1 spiro atoms. The summed E-state index contributed by atoms with van der Waals surface area (Å²) in [5, 5.41) is 0. The topological polar surface area (TPSA) is 21.9 Å². The number of aromatic nitrogens is 3. The third kappa shape index (κ3) is 6.33. The van der Waals surface area contributed by atoms with Crippen LogP contribution in [0, 0.1) is 0 Å². The van der Waals surface area contributed by atoms with Gasteiger partial charge < -0.3 is 4.74 Å². The quantitative estimate of drug-likeness (QED) is 0.139. The summed E-state index contributed by atoms with van der Waals surface area (Å²) < 4.78 is 34.0. The van der Waals surface area contributed by atoms with Crippen LogP contribution in [-0.2, 0) is 11.3 Å². The van der Waals surface area contributed by atoms with E-state index in [1.807, 2.05) is 33.8 Å². The number of imidazole rings is 1. The van der Waals surface area contributed by atoms with Crippen LogP contribution in [0.3, 0.4) is 0 Å². The lowest BCUT2D eigenvalue weighted by molar-refractivity contribution is -0.997. The number of benzene rings is 7. The van der Waals surface area contributed by atoms with Gasteiger partial charge in [0, 0.05) is 26.0 Å². The highest BCUT2D eigenvalue weighted by Gasteiger charge is 2.69. The number of pyridine rings is 1. The molecule has 69 heavy (non-hydrogen) atoms. The highest BCUT2D eigenvalue weighted by molar-refractivity contribution is 5.98. The maximum absolute atomic E-state index is 9.23. The van der Waals surface area contributed by atoms with Gasteiger partial charge in [-0.15, -0.1) is 9.13 Å². The lowest BCUT2D eigenvalue weighted by Gasteiger charge is -2.34. The molecule has 2 aromatic heterocycles. The number of nitrogens with zero attached hydrogens (tertiary/aromatic N) is 3. The van der Waals surface area contributed by atoms with Gasteiger partial charge >= 0.3 is 11.7 Å². The first-order valence-electron chi connectivity index (χ1n) is 25.9. The van der Waals surface area contributed by atoms with Crippen molar-refractivity contribution in [3.8, 4) is 78.6 Å². The molecule has 4 heteroatoms. The minimum Gasteiger partial charge on any atom is -0.392 e. The fourth-order valence-corrected chi connectivity index (χ4v) is 11.6. The summed E-state index contributed by atoms with van der Waals surface area (Å²) >= 11 is 0. The number of para-hydroxylation sites is 1. The van der Waals surface area contributed by atoms with Gasteiger partial charge in [-0.1, -0.05) is 173 Å². The largest absolute Gasteiger partial charge is 0.499 e. The fraction of sp³-hybridized carbons (Fsp3) is 0.262. The van der Waals surface area contributed by atoms with E-state index in [0.29, 0.717) is 5.92 Å². The van der Waals surface area contributed by atoms with Crippen LogP contribution in [0.1, 0.15) is 136 Å². The van der Waals surface area contributed by atoms with E-state index in [-0.39, 0.29) is 11.3 Å². The molecule has 342 valence electrons. The Bertz CT molecular complexity index is 3620. The highest BCUT2D eigenvalue weighted by atomic mass is 16.5. The molecule has 0 radical (unpaired) electrons. The standard InChI is InChI=1S/C65H63N3O/c1-38(2)47-33-53(41(7)8)62-56(34-47)63-67(49-29-27-45(28-30-49)59-50(39(3)4)19-15-20-51(59)40(5)6)57-22-16-21-52-54-36-48(64(9,10)11)37-55-58-35-46(44-25-23-43(24-26-44)42-17-13-12-14-18-42)31-32-66(58)65(69-62,60(54)55)68(63)61(52)57/h12-41H,1-11H3/q+2/i39D,40D. The zero-order valence-electron chi connectivity index (χ0n) is 43.9. The predicted molar refractivity (Wildman–Crippen MR) is 284 cm³/mol. The molecule has 1 unspecified atom stereocenters. The molecule has 0 aliphatic carbocycles. The monoisotopic (exact) mass is 904 g/mol. The number of ether oxygens (including phenoxy) is 1. The van der Waals surface area contributed by atoms with Crippen LogP contribution >= 0.6 is 0 Å². The summed E-state index contributed by atoms with van der Waals surface area (Å²) in [5.74, 6) is -0.349. The van der Waals surface area contributed by atoms with Gasteiger partial charge in [0.15, 0.2) is 23.0 Å². The van der Waals surface area contributed by atoms with Crippen LogP contribution < -0.4 is 13.9 Å². The minimum absolute atomic E-state index is 0.127. The predicted octanol–water partition coefficient (Wildman–Crippen LogP) is 16.2. The van der Waals surface area contributed by atoms with Crippen molar-refractivity contribution < 1.29 is 16.6 Å². The zero-order valence-corrected chi connectivity index (χ0v) is 41.9. The molecule has 5 heterocycles. The number of hydrogen-bond acceptors (Lipinski definition) is 1. The maximum Gasteiger partial charge on any atom is 0.499 e. The summed E-state index contributed by atoms with van der Waals surface area (Å²) in [6, 6.07) is 55.7. The molecule has 4 nitrogen and oxygen atoms in total.